The first-order chi connectivity index (χ1) is 9.40. The molecule has 1 heterocycles. The fourth-order valence-corrected chi connectivity index (χ4v) is 2.59. The molecule has 1 aromatic heterocycles. The van der Waals surface area contributed by atoms with E-state index in [0.717, 1.165) is 5.69 Å². The van der Waals surface area contributed by atoms with Gasteiger partial charge in [-0.25, -0.2) is 4.39 Å². The second kappa shape index (κ2) is 6.12. The summed E-state index contributed by atoms with van der Waals surface area (Å²) in [5.41, 5.74) is 1.84. The Kier molecular flexibility index (Phi) is 4.68. The molecule has 0 saturated heterocycles. The number of aliphatic hydroxyl groups excluding tert-OH is 1. The molecule has 0 amide bonds. The van der Waals surface area contributed by atoms with Crippen molar-refractivity contribution < 1.29 is 9.50 Å². The Bertz CT molecular complexity index is 628. The van der Waals surface area contributed by atoms with Gasteiger partial charge in [-0.1, -0.05) is 35.3 Å². The molecule has 3 nitrogen and oxygen atoms in total. The van der Waals surface area contributed by atoms with Gasteiger partial charge in [-0.05, 0) is 18.6 Å². The number of halogens is 3. The third kappa shape index (κ3) is 3.14. The van der Waals surface area contributed by atoms with Crippen molar-refractivity contribution in [2.75, 3.05) is 0 Å². The van der Waals surface area contributed by atoms with Crippen LogP contribution in [0.2, 0.25) is 10.0 Å². The third-order valence-electron chi connectivity index (χ3n) is 3.18. The number of nitrogens with zero attached hydrogens (tertiary/aromatic N) is 2. The Balaban J connectivity index is 2.13. The highest BCUT2D eigenvalue weighted by molar-refractivity contribution is 6.31. The Morgan fingerprint density at radius 2 is 2.05 bits per heavy atom. The lowest BCUT2D eigenvalue weighted by Crippen LogP contribution is -2.17. The van der Waals surface area contributed by atoms with Gasteiger partial charge in [-0.2, -0.15) is 5.10 Å². The second-order valence-corrected chi connectivity index (χ2v) is 5.53. The lowest BCUT2D eigenvalue weighted by molar-refractivity contribution is 0.171. The van der Waals surface area contributed by atoms with E-state index in [2.05, 4.69) is 5.10 Å². The Morgan fingerprint density at radius 3 is 2.65 bits per heavy atom. The van der Waals surface area contributed by atoms with Crippen LogP contribution in [-0.2, 0) is 19.9 Å². The minimum Gasteiger partial charge on any atom is -0.392 e. The Hall–Kier alpha value is -1.10. The van der Waals surface area contributed by atoms with Crippen LogP contribution in [0.15, 0.2) is 18.2 Å². The average molecular weight is 317 g/mol. The molecule has 0 fully saturated rings. The van der Waals surface area contributed by atoms with Gasteiger partial charge >= 0.3 is 0 Å². The third-order valence-corrected chi connectivity index (χ3v) is 3.96. The second-order valence-electron chi connectivity index (χ2n) is 4.74. The standard InChI is InChI=1S/C14H15Cl2FN2O/c1-8-13(16)12(19(2)18-8)7-10(20)6-9-4-3-5-11(15)14(9)17/h3-5,10,20H,6-7H2,1-2H3. The van der Waals surface area contributed by atoms with E-state index in [1.807, 2.05) is 0 Å². The van der Waals surface area contributed by atoms with E-state index in [1.165, 1.54) is 6.07 Å². The molecule has 0 spiro atoms. The molecule has 0 bridgehead atoms. The van der Waals surface area contributed by atoms with E-state index >= 15 is 0 Å². The summed E-state index contributed by atoms with van der Waals surface area (Å²) in [6, 6.07) is 4.75. The van der Waals surface area contributed by atoms with E-state index in [-0.39, 0.29) is 11.4 Å². The van der Waals surface area contributed by atoms with Crippen molar-refractivity contribution in [2.45, 2.75) is 25.9 Å². The van der Waals surface area contributed by atoms with Gasteiger partial charge in [0.2, 0.25) is 0 Å². The van der Waals surface area contributed by atoms with E-state index < -0.39 is 11.9 Å². The van der Waals surface area contributed by atoms with E-state index in [0.29, 0.717) is 22.7 Å². The molecule has 2 aromatic rings. The first-order valence-corrected chi connectivity index (χ1v) is 6.94. The number of aromatic nitrogens is 2. The van der Waals surface area contributed by atoms with Gasteiger partial charge in [-0.3, -0.25) is 4.68 Å². The van der Waals surface area contributed by atoms with Crippen molar-refractivity contribution >= 4 is 23.2 Å². The molecule has 6 heteroatoms. The minimum absolute atomic E-state index is 0.0594. The largest absolute Gasteiger partial charge is 0.392 e. The summed E-state index contributed by atoms with van der Waals surface area (Å²) in [6.45, 7) is 1.80. The van der Waals surface area contributed by atoms with Crippen LogP contribution in [0, 0.1) is 12.7 Å². The van der Waals surface area contributed by atoms with Gasteiger partial charge in [0.25, 0.3) is 0 Å². The van der Waals surface area contributed by atoms with Gasteiger partial charge in [0.1, 0.15) is 5.82 Å². The fourth-order valence-electron chi connectivity index (χ4n) is 2.16. The van der Waals surface area contributed by atoms with Crippen LogP contribution in [0.1, 0.15) is 17.0 Å². The fraction of sp³-hybridized carbons (Fsp3) is 0.357. The SMILES string of the molecule is Cc1nn(C)c(CC(O)Cc2cccc(Cl)c2F)c1Cl. The molecular weight excluding hydrogens is 302 g/mol. The number of benzene rings is 1. The quantitative estimate of drug-likeness (QED) is 0.939. The van der Waals surface area contributed by atoms with Crippen molar-refractivity contribution in [1.29, 1.82) is 0 Å². The Morgan fingerprint density at radius 1 is 1.35 bits per heavy atom. The molecule has 0 saturated carbocycles. The van der Waals surface area contributed by atoms with Crippen molar-refractivity contribution in [1.82, 2.24) is 9.78 Å². The summed E-state index contributed by atoms with van der Waals surface area (Å²) in [5.74, 6) is -0.486. The number of aryl methyl sites for hydroxylation is 2. The van der Waals surface area contributed by atoms with Crippen molar-refractivity contribution in [2.24, 2.45) is 7.05 Å². The minimum atomic E-state index is -0.754. The number of hydrogen-bond acceptors (Lipinski definition) is 2. The van der Waals surface area contributed by atoms with Crippen molar-refractivity contribution in [3.63, 3.8) is 0 Å². The highest BCUT2D eigenvalue weighted by Crippen LogP contribution is 2.23. The van der Waals surface area contributed by atoms with Crippen LogP contribution in [0.4, 0.5) is 4.39 Å². The molecule has 0 aliphatic rings. The van der Waals surface area contributed by atoms with E-state index in [1.54, 1.807) is 30.8 Å². The van der Waals surface area contributed by atoms with E-state index in [4.69, 9.17) is 23.2 Å². The molecular formula is C14H15Cl2FN2O. The molecule has 0 aliphatic carbocycles. The van der Waals surface area contributed by atoms with Gasteiger partial charge in [-0.15, -0.1) is 0 Å². The predicted molar refractivity (Wildman–Crippen MR) is 77.8 cm³/mol. The predicted octanol–water partition coefficient (Wildman–Crippen LogP) is 3.32. The zero-order valence-electron chi connectivity index (χ0n) is 11.2. The normalized spacial score (nSPS) is 12.7. The first kappa shape index (κ1) is 15.3. The first-order valence-electron chi connectivity index (χ1n) is 6.19. The van der Waals surface area contributed by atoms with Crippen LogP contribution in [0.25, 0.3) is 0 Å². The van der Waals surface area contributed by atoms with E-state index in [9.17, 15) is 9.50 Å². The molecule has 1 N–H and O–H groups in total. The highest BCUT2D eigenvalue weighted by atomic mass is 35.5. The molecule has 2 rings (SSSR count). The lowest BCUT2D eigenvalue weighted by Gasteiger charge is -2.12. The number of hydrogen-bond donors (Lipinski definition) is 1. The zero-order valence-corrected chi connectivity index (χ0v) is 12.7. The van der Waals surface area contributed by atoms with Crippen LogP contribution < -0.4 is 0 Å². The lowest BCUT2D eigenvalue weighted by atomic mass is 10.0. The highest BCUT2D eigenvalue weighted by Gasteiger charge is 2.17. The topological polar surface area (TPSA) is 38.0 Å². The molecule has 108 valence electrons. The summed E-state index contributed by atoms with van der Waals surface area (Å²) < 4.78 is 15.4. The maximum absolute atomic E-state index is 13.8. The average Bonchev–Trinajstić information content (AvgIpc) is 2.62. The van der Waals surface area contributed by atoms with Crippen molar-refractivity contribution in [3.05, 3.63) is 51.0 Å². The van der Waals surface area contributed by atoms with Gasteiger partial charge in [0.05, 0.1) is 27.5 Å². The molecule has 1 unspecified atom stereocenters. The van der Waals surface area contributed by atoms with Crippen LogP contribution >= 0.6 is 23.2 Å². The zero-order chi connectivity index (χ0) is 14.9. The Labute approximate surface area is 126 Å². The molecule has 1 atom stereocenters. The van der Waals surface area contributed by atoms with Gasteiger partial charge in [0.15, 0.2) is 0 Å². The van der Waals surface area contributed by atoms with Gasteiger partial charge in [0, 0.05) is 19.9 Å². The van der Waals surface area contributed by atoms with Crippen LogP contribution in [-0.4, -0.2) is 21.0 Å². The number of rotatable bonds is 4. The van der Waals surface area contributed by atoms with Gasteiger partial charge < -0.3 is 5.11 Å². The maximum Gasteiger partial charge on any atom is 0.145 e. The van der Waals surface area contributed by atoms with Crippen LogP contribution in [0.5, 0.6) is 0 Å². The smallest absolute Gasteiger partial charge is 0.145 e. The molecule has 0 aliphatic heterocycles. The van der Waals surface area contributed by atoms with Crippen molar-refractivity contribution in [3.8, 4) is 0 Å². The summed E-state index contributed by atoms with van der Waals surface area (Å²) in [6.07, 6.45) is -0.273. The number of aliphatic hydroxyl groups is 1. The molecule has 20 heavy (non-hydrogen) atoms. The molecule has 0 radical (unpaired) electrons. The monoisotopic (exact) mass is 316 g/mol. The summed E-state index contributed by atoms with van der Waals surface area (Å²) in [4.78, 5) is 0. The summed E-state index contributed by atoms with van der Waals surface area (Å²) in [7, 11) is 1.76. The molecule has 1 aromatic carbocycles. The maximum atomic E-state index is 13.8. The summed E-state index contributed by atoms with van der Waals surface area (Å²) >= 11 is 11.8. The van der Waals surface area contributed by atoms with Crippen LogP contribution in [0.3, 0.4) is 0 Å². The summed E-state index contributed by atoms with van der Waals surface area (Å²) in [5, 5.41) is 14.9.